The summed E-state index contributed by atoms with van der Waals surface area (Å²) in [7, 11) is 0. The van der Waals surface area contributed by atoms with Crippen LogP contribution in [0.1, 0.15) is 11.1 Å². The van der Waals surface area contributed by atoms with E-state index in [0.717, 1.165) is 25.9 Å². The summed E-state index contributed by atoms with van der Waals surface area (Å²) in [4.78, 5) is 2.19. The summed E-state index contributed by atoms with van der Waals surface area (Å²) in [5.41, 5.74) is 2.49. The summed E-state index contributed by atoms with van der Waals surface area (Å²) >= 11 is 0. The van der Waals surface area contributed by atoms with E-state index in [4.69, 9.17) is 0 Å². The highest BCUT2D eigenvalue weighted by Gasteiger charge is 2.35. The number of aliphatic hydroxyl groups excluding tert-OH is 3. The Morgan fingerprint density at radius 3 is 1.65 bits per heavy atom. The fourth-order valence-electron chi connectivity index (χ4n) is 3.44. The Morgan fingerprint density at radius 1 is 0.654 bits per heavy atom. The van der Waals surface area contributed by atoms with Crippen molar-refractivity contribution in [2.24, 2.45) is 0 Å². The second-order valence-electron chi connectivity index (χ2n) is 6.85. The first-order chi connectivity index (χ1) is 12.6. The molecule has 1 aliphatic rings. The lowest BCUT2D eigenvalue weighted by molar-refractivity contribution is -0.0758. The third-order valence-electron chi connectivity index (χ3n) is 5.04. The van der Waals surface area contributed by atoms with Gasteiger partial charge < -0.3 is 15.3 Å². The van der Waals surface area contributed by atoms with Crippen LogP contribution in [-0.4, -0.2) is 57.7 Å². The van der Waals surface area contributed by atoms with Crippen LogP contribution in [-0.2, 0) is 12.8 Å². The minimum absolute atomic E-state index is 0.305. The minimum atomic E-state index is -1.15. The largest absolute Gasteiger partial charge is 0.388 e. The SMILES string of the molecule is OC1C=CC(N(CCc2ccccc2)CCc2ccccc2)C(O)C1O. The number of nitrogens with zero attached hydrogens (tertiary/aromatic N) is 1. The van der Waals surface area contributed by atoms with Crippen LogP contribution in [0.25, 0.3) is 0 Å². The maximum absolute atomic E-state index is 10.5. The third-order valence-corrected chi connectivity index (χ3v) is 5.04. The van der Waals surface area contributed by atoms with E-state index < -0.39 is 18.3 Å². The van der Waals surface area contributed by atoms with Crippen molar-refractivity contribution >= 4 is 0 Å². The Hall–Kier alpha value is -1.98. The van der Waals surface area contributed by atoms with Crippen LogP contribution in [0, 0.1) is 0 Å². The molecule has 4 heteroatoms. The van der Waals surface area contributed by atoms with Crippen LogP contribution in [0.15, 0.2) is 72.8 Å². The molecule has 0 aromatic heterocycles. The highest BCUT2D eigenvalue weighted by molar-refractivity contribution is 5.17. The molecule has 2 aromatic carbocycles. The van der Waals surface area contributed by atoms with Gasteiger partial charge in [-0.05, 0) is 24.0 Å². The van der Waals surface area contributed by atoms with Gasteiger partial charge in [0.25, 0.3) is 0 Å². The quantitative estimate of drug-likeness (QED) is 0.664. The standard InChI is InChI=1S/C22H27NO3/c24-20-12-11-19(21(25)22(20)26)23(15-13-17-7-3-1-4-8-17)16-14-18-9-5-2-6-10-18/h1-12,19-22,24-26H,13-16H2. The molecule has 0 heterocycles. The summed E-state index contributed by atoms with van der Waals surface area (Å²) in [5, 5.41) is 30.3. The second kappa shape index (κ2) is 9.10. The van der Waals surface area contributed by atoms with Crippen molar-refractivity contribution in [2.45, 2.75) is 37.2 Å². The molecule has 0 bridgehead atoms. The maximum Gasteiger partial charge on any atom is 0.111 e. The normalized spacial score (nSPS) is 25.5. The van der Waals surface area contributed by atoms with Gasteiger partial charge in [0.15, 0.2) is 0 Å². The Labute approximate surface area is 155 Å². The van der Waals surface area contributed by atoms with Crippen LogP contribution in [0.2, 0.25) is 0 Å². The Kier molecular flexibility index (Phi) is 6.58. The number of hydrogen-bond acceptors (Lipinski definition) is 4. The molecule has 3 rings (SSSR count). The van der Waals surface area contributed by atoms with Gasteiger partial charge in [-0.2, -0.15) is 0 Å². The van der Waals surface area contributed by atoms with Crippen molar-refractivity contribution in [1.82, 2.24) is 4.90 Å². The van der Waals surface area contributed by atoms with Crippen LogP contribution >= 0.6 is 0 Å². The molecule has 0 saturated carbocycles. The minimum Gasteiger partial charge on any atom is -0.388 e. The molecule has 0 spiro atoms. The number of hydrogen-bond donors (Lipinski definition) is 3. The highest BCUT2D eigenvalue weighted by atomic mass is 16.4. The molecular formula is C22H27NO3. The fraction of sp³-hybridized carbons (Fsp3) is 0.364. The maximum atomic E-state index is 10.5. The molecule has 1 aliphatic carbocycles. The van der Waals surface area contributed by atoms with E-state index in [9.17, 15) is 15.3 Å². The topological polar surface area (TPSA) is 63.9 Å². The van der Waals surface area contributed by atoms with E-state index >= 15 is 0 Å². The molecule has 0 amide bonds. The van der Waals surface area contributed by atoms with Gasteiger partial charge in [0.05, 0.1) is 6.04 Å². The van der Waals surface area contributed by atoms with Gasteiger partial charge in [0, 0.05) is 13.1 Å². The molecule has 0 saturated heterocycles. The van der Waals surface area contributed by atoms with Gasteiger partial charge in [-0.15, -0.1) is 0 Å². The molecule has 4 atom stereocenters. The molecule has 3 N–H and O–H groups in total. The second-order valence-corrected chi connectivity index (χ2v) is 6.85. The molecule has 4 unspecified atom stereocenters. The summed E-state index contributed by atoms with van der Waals surface area (Å²) in [5.74, 6) is 0. The van der Waals surface area contributed by atoms with Crippen LogP contribution < -0.4 is 0 Å². The Balaban J connectivity index is 1.71. The van der Waals surface area contributed by atoms with Crippen LogP contribution in [0.5, 0.6) is 0 Å². The molecule has 4 nitrogen and oxygen atoms in total. The number of benzene rings is 2. The van der Waals surface area contributed by atoms with Gasteiger partial charge in [0.1, 0.15) is 18.3 Å². The van der Waals surface area contributed by atoms with Gasteiger partial charge >= 0.3 is 0 Å². The molecule has 0 fully saturated rings. The van der Waals surface area contributed by atoms with Crippen molar-refractivity contribution in [1.29, 1.82) is 0 Å². The molecule has 138 valence electrons. The molecule has 26 heavy (non-hydrogen) atoms. The van der Waals surface area contributed by atoms with E-state index in [2.05, 4.69) is 29.2 Å². The van der Waals surface area contributed by atoms with Crippen molar-refractivity contribution in [2.75, 3.05) is 13.1 Å². The van der Waals surface area contributed by atoms with E-state index in [1.165, 1.54) is 11.1 Å². The van der Waals surface area contributed by atoms with Crippen molar-refractivity contribution in [3.63, 3.8) is 0 Å². The molecular weight excluding hydrogens is 326 g/mol. The number of aliphatic hydroxyl groups is 3. The average molecular weight is 353 g/mol. The van der Waals surface area contributed by atoms with Crippen molar-refractivity contribution < 1.29 is 15.3 Å². The predicted molar refractivity (Wildman–Crippen MR) is 103 cm³/mol. The zero-order valence-corrected chi connectivity index (χ0v) is 14.9. The lowest BCUT2D eigenvalue weighted by atomic mass is 9.92. The van der Waals surface area contributed by atoms with Gasteiger partial charge in [0.2, 0.25) is 0 Å². The summed E-state index contributed by atoms with van der Waals surface area (Å²) in [6.45, 7) is 1.54. The fourth-order valence-corrected chi connectivity index (χ4v) is 3.44. The van der Waals surface area contributed by atoms with E-state index in [0.29, 0.717) is 0 Å². The lowest BCUT2D eigenvalue weighted by Gasteiger charge is -2.38. The first kappa shape index (κ1) is 18.8. The summed E-state index contributed by atoms with van der Waals surface area (Å²) < 4.78 is 0. The smallest absolute Gasteiger partial charge is 0.111 e. The summed E-state index contributed by atoms with van der Waals surface area (Å²) in [6.07, 6.45) is 1.98. The van der Waals surface area contributed by atoms with Gasteiger partial charge in [-0.1, -0.05) is 72.8 Å². The van der Waals surface area contributed by atoms with E-state index in [1.807, 2.05) is 42.5 Å². The molecule has 0 radical (unpaired) electrons. The van der Waals surface area contributed by atoms with E-state index in [-0.39, 0.29) is 6.04 Å². The third kappa shape index (κ3) is 4.80. The Morgan fingerprint density at radius 2 is 1.15 bits per heavy atom. The highest BCUT2D eigenvalue weighted by Crippen LogP contribution is 2.20. The lowest BCUT2D eigenvalue weighted by Crippen LogP contribution is -2.54. The Bertz CT molecular complexity index is 646. The summed E-state index contributed by atoms with van der Waals surface area (Å²) in [6, 6.07) is 20.2. The zero-order chi connectivity index (χ0) is 18.4. The monoisotopic (exact) mass is 353 g/mol. The molecule has 0 aliphatic heterocycles. The first-order valence-electron chi connectivity index (χ1n) is 9.19. The average Bonchev–Trinajstić information content (AvgIpc) is 2.69. The van der Waals surface area contributed by atoms with Crippen LogP contribution in [0.3, 0.4) is 0 Å². The first-order valence-corrected chi connectivity index (χ1v) is 9.19. The zero-order valence-electron chi connectivity index (χ0n) is 14.9. The van der Waals surface area contributed by atoms with Crippen LogP contribution in [0.4, 0.5) is 0 Å². The number of rotatable bonds is 7. The van der Waals surface area contributed by atoms with Crippen molar-refractivity contribution in [3.05, 3.63) is 83.9 Å². The predicted octanol–water partition coefficient (Wildman–Crippen LogP) is 1.79. The van der Waals surface area contributed by atoms with Gasteiger partial charge in [-0.25, -0.2) is 0 Å². The van der Waals surface area contributed by atoms with Crippen molar-refractivity contribution in [3.8, 4) is 0 Å². The molecule has 2 aromatic rings. The van der Waals surface area contributed by atoms with E-state index in [1.54, 1.807) is 6.08 Å². The van der Waals surface area contributed by atoms with Gasteiger partial charge in [-0.3, -0.25) is 4.90 Å².